The fourth-order valence-electron chi connectivity index (χ4n) is 2.13. The van der Waals surface area contributed by atoms with E-state index in [1.54, 1.807) is 24.4 Å². The minimum Gasteiger partial charge on any atom is -0.384 e. The third-order valence-corrected chi connectivity index (χ3v) is 6.25. The molecule has 1 aromatic heterocycles. The average Bonchev–Trinajstić information content (AvgIpc) is 2.65. The van der Waals surface area contributed by atoms with Gasteiger partial charge < -0.3 is 5.73 Å². The van der Waals surface area contributed by atoms with Crippen LogP contribution in [0.5, 0.6) is 0 Å². The Hall–Kier alpha value is -1.53. The van der Waals surface area contributed by atoms with Crippen molar-refractivity contribution in [1.29, 1.82) is 0 Å². The van der Waals surface area contributed by atoms with E-state index in [1.165, 1.54) is 11.8 Å². The Morgan fingerprint density at radius 3 is 2.74 bits per heavy atom. The predicted octanol–water partition coefficient (Wildman–Crippen LogP) is 2.28. The van der Waals surface area contributed by atoms with E-state index in [0.29, 0.717) is 10.7 Å². The number of benzene rings is 1. The molecule has 1 aliphatic heterocycles. The second-order valence-corrected chi connectivity index (χ2v) is 7.62. The largest absolute Gasteiger partial charge is 0.384 e. The molecule has 2 N–H and O–H groups in total. The first-order valence-corrected chi connectivity index (χ1v) is 8.29. The van der Waals surface area contributed by atoms with Crippen molar-refractivity contribution < 1.29 is 8.42 Å². The van der Waals surface area contributed by atoms with Crippen LogP contribution in [0.3, 0.4) is 0 Å². The number of aromatic nitrogens is 1. The summed E-state index contributed by atoms with van der Waals surface area (Å²) in [6.45, 7) is 0. The van der Waals surface area contributed by atoms with E-state index in [1.807, 2.05) is 18.2 Å². The Morgan fingerprint density at radius 1 is 1.21 bits per heavy atom. The molecule has 1 atom stereocenters. The van der Waals surface area contributed by atoms with Crippen molar-refractivity contribution in [2.45, 2.75) is 15.0 Å². The van der Waals surface area contributed by atoms with Crippen LogP contribution in [0.25, 0.3) is 0 Å². The lowest BCUT2D eigenvalue weighted by atomic mass is 10.2. The molecular formula is C13H12N2O2S2. The predicted molar refractivity (Wildman–Crippen MR) is 75.7 cm³/mol. The van der Waals surface area contributed by atoms with Gasteiger partial charge in [0.05, 0.1) is 15.9 Å². The van der Waals surface area contributed by atoms with E-state index < -0.39 is 9.84 Å². The van der Waals surface area contributed by atoms with E-state index >= 15 is 0 Å². The fourth-order valence-corrected chi connectivity index (χ4v) is 5.55. The summed E-state index contributed by atoms with van der Waals surface area (Å²) >= 11 is 1.51. The summed E-state index contributed by atoms with van der Waals surface area (Å²) in [7, 11) is -3.15. The van der Waals surface area contributed by atoms with Crippen molar-refractivity contribution in [2.75, 3.05) is 11.5 Å². The monoisotopic (exact) mass is 292 g/mol. The highest BCUT2D eigenvalue weighted by Crippen LogP contribution is 2.44. The number of anilines is 1. The second kappa shape index (κ2) is 4.54. The topological polar surface area (TPSA) is 73.1 Å². The van der Waals surface area contributed by atoms with Crippen LogP contribution in [0.15, 0.2) is 52.4 Å². The Balaban J connectivity index is 1.94. The van der Waals surface area contributed by atoms with Crippen LogP contribution in [-0.2, 0) is 9.84 Å². The third kappa shape index (κ3) is 2.33. The highest BCUT2D eigenvalue weighted by molar-refractivity contribution is 8.01. The van der Waals surface area contributed by atoms with E-state index in [0.717, 1.165) is 10.5 Å². The molecule has 0 saturated heterocycles. The van der Waals surface area contributed by atoms with Gasteiger partial charge in [-0.25, -0.2) is 13.4 Å². The van der Waals surface area contributed by atoms with E-state index in [2.05, 4.69) is 4.98 Å². The average molecular weight is 292 g/mol. The summed E-state index contributed by atoms with van der Waals surface area (Å²) in [4.78, 5) is 5.40. The number of pyridine rings is 1. The molecular weight excluding hydrogens is 280 g/mol. The molecule has 19 heavy (non-hydrogen) atoms. The standard InChI is InChI=1S/C13H12N2O2S2/c14-13-6-5-9(7-15-13)18-11-8-19(16,17)12-4-2-1-3-10(11)12/h1-7,11H,8H2,(H2,14,15). The lowest BCUT2D eigenvalue weighted by molar-refractivity contribution is 0.600. The Kier molecular flexibility index (Phi) is 2.99. The Labute approximate surface area is 116 Å². The van der Waals surface area contributed by atoms with Crippen LogP contribution in [0, 0.1) is 0 Å². The van der Waals surface area contributed by atoms with Crippen LogP contribution < -0.4 is 5.73 Å². The van der Waals surface area contributed by atoms with Gasteiger partial charge in [0.15, 0.2) is 9.84 Å². The van der Waals surface area contributed by atoms with Gasteiger partial charge in [-0.05, 0) is 23.8 Å². The maximum Gasteiger partial charge on any atom is 0.180 e. The van der Waals surface area contributed by atoms with Crippen LogP contribution in [-0.4, -0.2) is 19.2 Å². The van der Waals surface area contributed by atoms with Crippen molar-refractivity contribution in [2.24, 2.45) is 0 Å². The molecule has 0 amide bonds. The van der Waals surface area contributed by atoms with Crippen LogP contribution in [0.2, 0.25) is 0 Å². The Morgan fingerprint density at radius 2 is 2.00 bits per heavy atom. The molecule has 1 unspecified atom stereocenters. The number of hydrogen-bond donors (Lipinski definition) is 1. The number of hydrogen-bond acceptors (Lipinski definition) is 5. The van der Waals surface area contributed by atoms with Gasteiger partial charge in [0, 0.05) is 11.1 Å². The molecule has 2 aromatic rings. The number of thioether (sulfide) groups is 1. The molecule has 0 spiro atoms. The maximum absolute atomic E-state index is 12.1. The van der Waals surface area contributed by atoms with Crippen molar-refractivity contribution in [3.8, 4) is 0 Å². The van der Waals surface area contributed by atoms with Gasteiger partial charge in [0.2, 0.25) is 0 Å². The zero-order valence-electron chi connectivity index (χ0n) is 9.98. The number of fused-ring (bicyclic) bond motifs is 1. The van der Waals surface area contributed by atoms with Gasteiger partial charge in [0.1, 0.15) is 5.82 Å². The molecule has 1 aliphatic rings. The smallest absolute Gasteiger partial charge is 0.180 e. The van der Waals surface area contributed by atoms with Crippen molar-refractivity contribution in [3.05, 3.63) is 48.2 Å². The quantitative estimate of drug-likeness (QED) is 0.919. The first-order valence-electron chi connectivity index (χ1n) is 5.76. The first kappa shape index (κ1) is 12.5. The summed E-state index contributed by atoms with van der Waals surface area (Å²) < 4.78 is 24.1. The molecule has 0 fully saturated rings. The van der Waals surface area contributed by atoms with Gasteiger partial charge in [-0.2, -0.15) is 0 Å². The molecule has 0 saturated carbocycles. The van der Waals surface area contributed by atoms with E-state index in [4.69, 9.17) is 5.73 Å². The molecule has 4 nitrogen and oxygen atoms in total. The Bertz CT molecular complexity index is 712. The summed E-state index contributed by atoms with van der Waals surface area (Å²) in [5, 5.41) is -0.0772. The van der Waals surface area contributed by atoms with Crippen LogP contribution >= 0.6 is 11.8 Å². The molecule has 2 heterocycles. The summed E-state index contributed by atoms with van der Waals surface area (Å²) in [6.07, 6.45) is 1.67. The highest BCUT2D eigenvalue weighted by atomic mass is 32.2. The highest BCUT2D eigenvalue weighted by Gasteiger charge is 2.34. The van der Waals surface area contributed by atoms with Crippen LogP contribution in [0.4, 0.5) is 5.82 Å². The van der Waals surface area contributed by atoms with Crippen molar-refractivity contribution in [3.63, 3.8) is 0 Å². The van der Waals surface area contributed by atoms with Crippen molar-refractivity contribution in [1.82, 2.24) is 4.98 Å². The number of rotatable bonds is 2. The van der Waals surface area contributed by atoms with Gasteiger partial charge in [0.25, 0.3) is 0 Å². The normalized spacial score (nSPS) is 20.1. The SMILES string of the molecule is Nc1ccc(SC2CS(=O)(=O)c3ccccc32)cn1. The number of nitrogens with zero attached hydrogens (tertiary/aromatic N) is 1. The molecule has 1 aromatic carbocycles. The minimum atomic E-state index is -3.15. The second-order valence-electron chi connectivity index (χ2n) is 4.34. The molecule has 0 aliphatic carbocycles. The molecule has 0 bridgehead atoms. The zero-order chi connectivity index (χ0) is 13.5. The number of sulfone groups is 1. The lowest BCUT2D eigenvalue weighted by Gasteiger charge is -2.09. The summed E-state index contributed by atoms with van der Waals surface area (Å²) in [5.74, 6) is 0.602. The van der Waals surface area contributed by atoms with Crippen molar-refractivity contribution >= 4 is 27.4 Å². The molecule has 6 heteroatoms. The van der Waals surface area contributed by atoms with Gasteiger partial charge in [-0.1, -0.05) is 18.2 Å². The molecule has 98 valence electrons. The fraction of sp³-hybridized carbons (Fsp3) is 0.154. The van der Waals surface area contributed by atoms with Gasteiger partial charge >= 0.3 is 0 Å². The number of nitrogens with two attached hydrogens (primary N) is 1. The van der Waals surface area contributed by atoms with Gasteiger partial charge in [-0.15, -0.1) is 11.8 Å². The summed E-state index contributed by atoms with van der Waals surface area (Å²) in [5.41, 5.74) is 6.42. The van der Waals surface area contributed by atoms with Crippen LogP contribution in [0.1, 0.15) is 10.8 Å². The third-order valence-electron chi connectivity index (χ3n) is 3.01. The molecule has 0 radical (unpaired) electrons. The van der Waals surface area contributed by atoms with E-state index in [9.17, 15) is 8.42 Å². The number of nitrogen functional groups attached to an aromatic ring is 1. The maximum atomic E-state index is 12.1. The van der Waals surface area contributed by atoms with Gasteiger partial charge in [-0.3, -0.25) is 0 Å². The zero-order valence-corrected chi connectivity index (χ0v) is 11.6. The summed E-state index contributed by atoms with van der Waals surface area (Å²) in [6, 6.07) is 10.8. The molecule has 3 rings (SSSR count). The minimum absolute atomic E-state index is 0.0772. The first-order chi connectivity index (χ1) is 9.06. The lowest BCUT2D eigenvalue weighted by Crippen LogP contribution is -2.01. The van der Waals surface area contributed by atoms with E-state index in [-0.39, 0.29) is 11.0 Å².